The Balaban J connectivity index is 1.56. The molecule has 0 radical (unpaired) electrons. The van der Waals surface area contributed by atoms with Crippen molar-refractivity contribution in [3.8, 4) is 17.1 Å². The van der Waals surface area contributed by atoms with E-state index in [9.17, 15) is 9.18 Å². The third-order valence-electron chi connectivity index (χ3n) is 5.02. The van der Waals surface area contributed by atoms with E-state index < -0.39 is 5.91 Å². The van der Waals surface area contributed by atoms with Gasteiger partial charge in [-0.1, -0.05) is 52.3 Å². The molecule has 1 aromatic heterocycles. The van der Waals surface area contributed by atoms with Crippen LogP contribution in [0.15, 0.2) is 95.5 Å². The summed E-state index contributed by atoms with van der Waals surface area (Å²) in [6.07, 6.45) is 0. The number of hydrogen-bond acceptors (Lipinski definition) is 3. The first-order valence-electron chi connectivity index (χ1n) is 9.86. The Morgan fingerprint density at radius 1 is 0.875 bits per heavy atom. The molecule has 0 bridgehead atoms. The quantitative estimate of drug-likeness (QED) is 0.327. The van der Waals surface area contributed by atoms with Gasteiger partial charge in [0.25, 0.3) is 5.91 Å². The molecule has 0 aliphatic rings. The monoisotopic (exact) mass is 486 g/mol. The molecule has 0 unspecified atom stereocenters. The average Bonchev–Trinajstić information content (AvgIpc) is 3.26. The molecule has 4 aromatic carbocycles. The zero-order valence-corrected chi connectivity index (χ0v) is 18.3. The van der Waals surface area contributed by atoms with E-state index in [0.717, 1.165) is 20.9 Å². The highest BCUT2D eigenvalue weighted by Crippen LogP contribution is 2.25. The van der Waals surface area contributed by atoms with Crippen molar-refractivity contribution in [3.63, 3.8) is 0 Å². The van der Waals surface area contributed by atoms with Gasteiger partial charge in [0, 0.05) is 21.1 Å². The summed E-state index contributed by atoms with van der Waals surface area (Å²) in [5, 5.41) is 9.33. The van der Waals surface area contributed by atoms with Crippen molar-refractivity contribution < 1.29 is 9.18 Å². The number of aromatic nitrogens is 3. The van der Waals surface area contributed by atoms with Gasteiger partial charge in [-0.2, -0.15) is 0 Å². The molecule has 0 aliphatic heterocycles. The van der Waals surface area contributed by atoms with Crippen LogP contribution < -0.4 is 5.32 Å². The van der Waals surface area contributed by atoms with Crippen molar-refractivity contribution >= 4 is 38.3 Å². The molecule has 0 atom stereocenters. The van der Waals surface area contributed by atoms with Crippen LogP contribution in [-0.2, 0) is 0 Å². The second kappa shape index (κ2) is 8.36. The smallest absolute Gasteiger partial charge is 0.295 e. The number of amides is 1. The summed E-state index contributed by atoms with van der Waals surface area (Å²) in [6, 6.07) is 26.9. The van der Waals surface area contributed by atoms with Gasteiger partial charge in [-0.15, -0.1) is 5.10 Å². The van der Waals surface area contributed by atoms with E-state index in [1.165, 1.54) is 12.1 Å². The van der Waals surface area contributed by atoms with Crippen LogP contribution in [0.3, 0.4) is 0 Å². The third-order valence-corrected chi connectivity index (χ3v) is 5.55. The first-order valence-corrected chi connectivity index (χ1v) is 10.7. The molecule has 5 nitrogen and oxygen atoms in total. The van der Waals surface area contributed by atoms with Crippen LogP contribution in [0.5, 0.6) is 0 Å². The predicted octanol–water partition coefficient (Wildman–Crippen LogP) is 6.24. The van der Waals surface area contributed by atoms with E-state index in [0.29, 0.717) is 17.1 Å². The highest BCUT2D eigenvalue weighted by molar-refractivity contribution is 9.10. The fourth-order valence-corrected chi connectivity index (χ4v) is 3.73. The maximum atomic E-state index is 13.5. The topological polar surface area (TPSA) is 59.8 Å². The van der Waals surface area contributed by atoms with E-state index in [4.69, 9.17) is 0 Å². The summed E-state index contributed by atoms with van der Waals surface area (Å²) in [5.41, 5.74) is 2.05. The van der Waals surface area contributed by atoms with Crippen molar-refractivity contribution in [2.75, 3.05) is 5.32 Å². The Hall–Kier alpha value is -3.84. The van der Waals surface area contributed by atoms with Crippen LogP contribution in [0.4, 0.5) is 10.1 Å². The van der Waals surface area contributed by atoms with Gasteiger partial charge in [0.05, 0.1) is 5.69 Å². The number of nitrogens with one attached hydrogen (secondary N) is 1. The van der Waals surface area contributed by atoms with E-state index >= 15 is 0 Å². The molecule has 0 saturated heterocycles. The number of carbonyl (C=O) groups is 1. The van der Waals surface area contributed by atoms with Crippen LogP contribution in [0.25, 0.3) is 27.8 Å². The fraction of sp³-hybridized carbons (Fsp3) is 0. The Labute approximate surface area is 191 Å². The van der Waals surface area contributed by atoms with Crippen molar-refractivity contribution in [1.29, 1.82) is 0 Å². The summed E-state index contributed by atoms with van der Waals surface area (Å²) in [4.78, 5) is 17.6. The van der Waals surface area contributed by atoms with E-state index in [2.05, 4.69) is 31.3 Å². The highest BCUT2D eigenvalue weighted by atomic mass is 79.9. The van der Waals surface area contributed by atoms with Gasteiger partial charge >= 0.3 is 0 Å². The SMILES string of the molecule is O=C(Nc1cccc2ccccc12)c1nc(-c2ccc(F)cc2)n(-c2ccc(Br)cc2)n1. The lowest BCUT2D eigenvalue weighted by molar-refractivity contribution is 0.101. The Morgan fingerprint density at radius 3 is 2.38 bits per heavy atom. The molecule has 1 heterocycles. The number of fused-ring (bicyclic) bond motifs is 1. The molecule has 1 N–H and O–H groups in total. The molecule has 0 saturated carbocycles. The Kier molecular flexibility index (Phi) is 5.25. The summed E-state index contributed by atoms with van der Waals surface area (Å²) in [5.74, 6) is -0.325. The zero-order chi connectivity index (χ0) is 22.1. The van der Waals surface area contributed by atoms with Crippen molar-refractivity contribution in [2.24, 2.45) is 0 Å². The van der Waals surface area contributed by atoms with Gasteiger partial charge in [0.15, 0.2) is 5.82 Å². The van der Waals surface area contributed by atoms with Crippen molar-refractivity contribution in [1.82, 2.24) is 14.8 Å². The molecular weight excluding hydrogens is 471 g/mol. The molecule has 0 aliphatic carbocycles. The summed E-state index contributed by atoms with van der Waals surface area (Å²) in [6.45, 7) is 0. The lowest BCUT2D eigenvalue weighted by Crippen LogP contribution is -2.14. The lowest BCUT2D eigenvalue weighted by atomic mass is 10.1. The number of benzene rings is 4. The standard InChI is InChI=1S/C25H16BrFN4O/c26-18-10-14-20(15-11-18)31-24(17-8-12-19(27)13-9-17)29-23(30-31)25(32)28-22-7-3-5-16-4-1-2-6-21(16)22/h1-15H,(H,28,32). The van der Waals surface area contributed by atoms with Crippen LogP contribution >= 0.6 is 15.9 Å². The van der Waals surface area contributed by atoms with Crippen LogP contribution in [0.1, 0.15) is 10.6 Å². The number of nitrogens with zero attached hydrogens (tertiary/aromatic N) is 3. The molecule has 7 heteroatoms. The Bertz CT molecular complexity index is 1360. The fourth-order valence-electron chi connectivity index (χ4n) is 3.47. The third kappa shape index (κ3) is 3.90. The number of carbonyl (C=O) groups excluding carboxylic acids is 1. The van der Waals surface area contributed by atoms with E-state index in [1.807, 2.05) is 66.7 Å². The number of halogens is 2. The first-order chi connectivity index (χ1) is 15.6. The highest BCUT2D eigenvalue weighted by Gasteiger charge is 2.19. The van der Waals surface area contributed by atoms with E-state index in [1.54, 1.807) is 16.8 Å². The van der Waals surface area contributed by atoms with Gasteiger partial charge in [0.1, 0.15) is 5.82 Å². The molecule has 0 fully saturated rings. The van der Waals surface area contributed by atoms with Crippen molar-refractivity contribution in [2.45, 2.75) is 0 Å². The average molecular weight is 487 g/mol. The predicted molar refractivity (Wildman–Crippen MR) is 126 cm³/mol. The molecule has 0 spiro atoms. The normalized spacial score (nSPS) is 10.9. The maximum Gasteiger partial charge on any atom is 0.295 e. The molecule has 1 amide bonds. The van der Waals surface area contributed by atoms with Gasteiger partial charge in [-0.25, -0.2) is 14.1 Å². The zero-order valence-electron chi connectivity index (χ0n) is 16.7. The molecule has 156 valence electrons. The number of rotatable bonds is 4. The van der Waals surface area contributed by atoms with Gasteiger partial charge in [0.2, 0.25) is 5.82 Å². The van der Waals surface area contributed by atoms with Crippen LogP contribution in [-0.4, -0.2) is 20.7 Å². The number of anilines is 1. The minimum absolute atomic E-state index is 0.0141. The summed E-state index contributed by atoms with van der Waals surface area (Å²) < 4.78 is 16.0. The van der Waals surface area contributed by atoms with Gasteiger partial charge in [-0.05, 0) is 60.0 Å². The molecule has 5 rings (SSSR count). The van der Waals surface area contributed by atoms with Crippen LogP contribution in [0.2, 0.25) is 0 Å². The van der Waals surface area contributed by atoms with Gasteiger partial charge < -0.3 is 5.32 Å². The van der Waals surface area contributed by atoms with Crippen LogP contribution in [0, 0.1) is 5.82 Å². The molecular formula is C25H16BrFN4O. The second-order valence-corrected chi connectivity index (χ2v) is 8.05. The van der Waals surface area contributed by atoms with Crippen molar-refractivity contribution in [3.05, 3.63) is 107 Å². The molecule has 32 heavy (non-hydrogen) atoms. The van der Waals surface area contributed by atoms with Gasteiger partial charge in [-0.3, -0.25) is 4.79 Å². The molecule has 5 aromatic rings. The maximum absolute atomic E-state index is 13.5. The lowest BCUT2D eigenvalue weighted by Gasteiger charge is -2.07. The summed E-state index contributed by atoms with van der Waals surface area (Å²) >= 11 is 3.42. The summed E-state index contributed by atoms with van der Waals surface area (Å²) in [7, 11) is 0. The minimum Gasteiger partial charge on any atom is -0.319 e. The largest absolute Gasteiger partial charge is 0.319 e. The second-order valence-electron chi connectivity index (χ2n) is 7.13. The minimum atomic E-state index is -0.430. The van der Waals surface area contributed by atoms with E-state index in [-0.39, 0.29) is 11.6 Å². The Morgan fingerprint density at radius 2 is 1.59 bits per heavy atom. The first kappa shape index (κ1) is 20.1. The number of hydrogen-bond donors (Lipinski definition) is 1.